The van der Waals surface area contributed by atoms with Gasteiger partial charge in [-0.3, -0.25) is 0 Å². The lowest BCUT2D eigenvalue weighted by molar-refractivity contribution is -0.141. The maximum absolute atomic E-state index is 12.5. The van der Waals surface area contributed by atoms with E-state index in [9.17, 15) is 13.2 Å². The van der Waals surface area contributed by atoms with Crippen LogP contribution in [-0.4, -0.2) is 9.97 Å². The number of halogens is 3. The molecule has 0 unspecified atom stereocenters. The first-order chi connectivity index (χ1) is 8.47. The number of rotatable bonds is 2. The Morgan fingerprint density at radius 3 is 2.50 bits per heavy atom. The molecule has 0 aliphatic carbocycles. The van der Waals surface area contributed by atoms with E-state index < -0.39 is 11.9 Å². The molecular formula is C11H8F3N3S. The summed E-state index contributed by atoms with van der Waals surface area (Å²) in [5.41, 5.74) is 5.21. The fraction of sp³-hybridized carbons (Fsp3) is 0.0909. The van der Waals surface area contributed by atoms with Crippen molar-refractivity contribution < 1.29 is 13.2 Å². The zero-order valence-corrected chi connectivity index (χ0v) is 9.79. The van der Waals surface area contributed by atoms with E-state index in [-0.39, 0.29) is 5.16 Å². The van der Waals surface area contributed by atoms with Crippen LogP contribution >= 0.6 is 11.8 Å². The quantitative estimate of drug-likeness (QED) is 0.673. The molecular weight excluding hydrogens is 263 g/mol. The van der Waals surface area contributed by atoms with Gasteiger partial charge in [-0.1, -0.05) is 12.1 Å². The Kier molecular flexibility index (Phi) is 3.42. The van der Waals surface area contributed by atoms with Gasteiger partial charge in [0.05, 0.1) is 0 Å². The molecule has 0 radical (unpaired) electrons. The van der Waals surface area contributed by atoms with Crippen molar-refractivity contribution in [1.82, 2.24) is 9.97 Å². The largest absolute Gasteiger partial charge is 0.433 e. The molecule has 0 bridgehead atoms. The molecule has 0 saturated heterocycles. The van der Waals surface area contributed by atoms with E-state index in [1.165, 1.54) is 0 Å². The summed E-state index contributed by atoms with van der Waals surface area (Å²) in [5.74, 6) is 0. The molecule has 1 aromatic heterocycles. The Morgan fingerprint density at radius 2 is 1.83 bits per heavy atom. The normalized spacial score (nSPS) is 11.5. The van der Waals surface area contributed by atoms with Crippen LogP contribution in [0, 0.1) is 0 Å². The summed E-state index contributed by atoms with van der Waals surface area (Å²) in [5, 5.41) is 0.0164. The van der Waals surface area contributed by atoms with Crippen LogP contribution in [0.25, 0.3) is 0 Å². The predicted octanol–water partition coefficient (Wildman–Crippen LogP) is 3.23. The second kappa shape index (κ2) is 4.85. The van der Waals surface area contributed by atoms with E-state index in [0.29, 0.717) is 10.6 Å². The maximum atomic E-state index is 12.5. The van der Waals surface area contributed by atoms with Crippen molar-refractivity contribution >= 4 is 17.4 Å². The molecule has 0 spiro atoms. The Bertz CT molecular complexity index is 557. The second-order valence-electron chi connectivity index (χ2n) is 3.36. The number of anilines is 1. The van der Waals surface area contributed by atoms with Crippen LogP contribution < -0.4 is 5.73 Å². The monoisotopic (exact) mass is 271 g/mol. The Morgan fingerprint density at radius 1 is 1.11 bits per heavy atom. The summed E-state index contributed by atoms with van der Waals surface area (Å²) < 4.78 is 37.4. The van der Waals surface area contributed by atoms with Crippen molar-refractivity contribution in [3.05, 3.63) is 42.2 Å². The summed E-state index contributed by atoms with van der Waals surface area (Å²) in [4.78, 5) is 7.86. The molecule has 0 amide bonds. The highest BCUT2D eigenvalue weighted by atomic mass is 32.2. The lowest BCUT2D eigenvalue weighted by atomic mass is 10.3. The van der Waals surface area contributed by atoms with Gasteiger partial charge in [0.25, 0.3) is 0 Å². The summed E-state index contributed by atoms with van der Waals surface area (Å²) in [6.07, 6.45) is -3.39. The van der Waals surface area contributed by atoms with Gasteiger partial charge >= 0.3 is 6.18 Å². The fourth-order valence-corrected chi connectivity index (χ4v) is 2.01. The van der Waals surface area contributed by atoms with Gasteiger partial charge in [0.15, 0.2) is 5.16 Å². The number of nitrogens with two attached hydrogens (primary N) is 1. The zero-order chi connectivity index (χ0) is 13.2. The van der Waals surface area contributed by atoms with Gasteiger partial charge in [-0.2, -0.15) is 13.2 Å². The summed E-state index contributed by atoms with van der Waals surface area (Å²) in [6.45, 7) is 0. The predicted molar refractivity (Wildman–Crippen MR) is 62.0 cm³/mol. The Labute approximate surface area is 105 Å². The number of hydrogen-bond acceptors (Lipinski definition) is 4. The SMILES string of the molecule is Nc1ccccc1Sc1nccc(C(F)(F)F)n1. The molecule has 18 heavy (non-hydrogen) atoms. The highest BCUT2D eigenvalue weighted by Gasteiger charge is 2.32. The minimum absolute atomic E-state index is 0.0164. The van der Waals surface area contributed by atoms with Crippen molar-refractivity contribution in [2.75, 3.05) is 5.73 Å². The number of aromatic nitrogens is 2. The topological polar surface area (TPSA) is 51.8 Å². The van der Waals surface area contributed by atoms with Crippen molar-refractivity contribution in [3.63, 3.8) is 0 Å². The smallest absolute Gasteiger partial charge is 0.398 e. The minimum Gasteiger partial charge on any atom is -0.398 e. The molecule has 1 aromatic carbocycles. The molecule has 94 valence electrons. The van der Waals surface area contributed by atoms with Crippen molar-refractivity contribution in [2.24, 2.45) is 0 Å². The van der Waals surface area contributed by atoms with Crippen LogP contribution in [0.3, 0.4) is 0 Å². The molecule has 2 rings (SSSR count). The van der Waals surface area contributed by atoms with Crippen LogP contribution in [0.1, 0.15) is 5.69 Å². The van der Waals surface area contributed by atoms with Crippen LogP contribution in [0.5, 0.6) is 0 Å². The third-order valence-corrected chi connectivity index (χ3v) is 3.02. The Balaban J connectivity index is 2.28. The standard InChI is InChI=1S/C11H8F3N3S/c12-11(13,14)9-5-6-16-10(17-9)18-8-4-2-1-3-7(8)15/h1-6H,15H2. The van der Waals surface area contributed by atoms with E-state index in [1.54, 1.807) is 24.3 Å². The summed E-state index contributed by atoms with van der Waals surface area (Å²) >= 11 is 0.997. The lowest BCUT2D eigenvalue weighted by Gasteiger charge is -2.07. The van der Waals surface area contributed by atoms with Gasteiger partial charge in [0.2, 0.25) is 0 Å². The average Bonchev–Trinajstić information content (AvgIpc) is 2.31. The van der Waals surface area contributed by atoms with Gasteiger partial charge in [-0.15, -0.1) is 0 Å². The zero-order valence-electron chi connectivity index (χ0n) is 8.98. The Hall–Kier alpha value is -1.76. The molecule has 2 aromatic rings. The number of benzene rings is 1. The highest BCUT2D eigenvalue weighted by molar-refractivity contribution is 7.99. The molecule has 0 fully saturated rings. The van der Waals surface area contributed by atoms with Crippen molar-refractivity contribution in [3.8, 4) is 0 Å². The fourth-order valence-electron chi connectivity index (χ4n) is 1.22. The van der Waals surface area contributed by atoms with E-state index >= 15 is 0 Å². The summed E-state index contributed by atoms with van der Waals surface area (Å²) in [6, 6.07) is 7.68. The lowest BCUT2D eigenvalue weighted by Crippen LogP contribution is -2.08. The van der Waals surface area contributed by atoms with E-state index in [4.69, 9.17) is 5.73 Å². The molecule has 3 nitrogen and oxygen atoms in total. The second-order valence-corrected chi connectivity index (χ2v) is 4.37. The molecule has 0 aliphatic rings. The molecule has 7 heteroatoms. The molecule has 1 heterocycles. The third-order valence-electron chi connectivity index (χ3n) is 2.04. The van der Waals surface area contributed by atoms with Gasteiger partial charge in [-0.25, -0.2) is 9.97 Å². The van der Waals surface area contributed by atoms with Crippen LogP contribution in [0.2, 0.25) is 0 Å². The van der Waals surface area contributed by atoms with Gasteiger partial charge in [0.1, 0.15) is 5.69 Å². The van der Waals surface area contributed by atoms with E-state index in [0.717, 1.165) is 24.0 Å². The molecule has 0 atom stereocenters. The van der Waals surface area contributed by atoms with Crippen molar-refractivity contribution in [1.29, 1.82) is 0 Å². The maximum Gasteiger partial charge on any atom is 0.433 e. The van der Waals surface area contributed by atoms with Crippen LogP contribution in [0.4, 0.5) is 18.9 Å². The van der Waals surface area contributed by atoms with Crippen LogP contribution in [-0.2, 0) is 6.18 Å². The van der Waals surface area contributed by atoms with Gasteiger partial charge < -0.3 is 5.73 Å². The molecule has 0 aliphatic heterocycles. The number of hydrogen-bond donors (Lipinski definition) is 1. The summed E-state index contributed by atoms with van der Waals surface area (Å²) in [7, 11) is 0. The van der Waals surface area contributed by atoms with Gasteiger partial charge in [-0.05, 0) is 30.0 Å². The minimum atomic E-state index is -4.47. The van der Waals surface area contributed by atoms with E-state index in [1.807, 2.05) is 0 Å². The number of nitrogen functional groups attached to an aromatic ring is 1. The number of para-hydroxylation sites is 1. The highest BCUT2D eigenvalue weighted by Crippen LogP contribution is 2.32. The van der Waals surface area contributed by atoms with Crippen molar-refractivity contribution in [2.45, 2.75) is 16.2 Å². The third kappa shape index (κ3) is 2.92. The molecule has 0 saturated carbocycles. The first-order valence-electron chi connectivity index (χ1n) is 4.89. The average molecular weight is 271 g/mol. The first kappa shape index (κ1) is 12.7. The number of alkyl halides is 3. The first-order valence-corrected chi connectivity index (χ1v) is 5.71. The van der Waals surface area contributed by atoms with Gasteiger partial charge in [0, 0.05) is 16.8 Å². The molecule has 2 N–H and O–H groups in total. The van der Waals surface area contributed by atoms with E-state index in [2.05, 4.69) is 9.97 Å². The van der Waals surface area contributed by atoms with Crippen LogP contribution in [0.15, 0.2) is 46.6 Å². The number of nitrogens with zero attached hydrogens (tertiary/aromatic N) is 2.